The fourth-order valence-corrected chi connectivity index (χ4v) is 8.24. The lowest BCUT2D eigenvalue weighted by atomic mass is 10.0. The zero-order valence-electron chi connectivity index (χ0n) is 24.6. The fraction of sp³-hybridized carbons (Fsp3) is 0.565. The third-order valence-electron chi connectivity index (χ3n) is 8.32. The molecular weight excluding hydrogens is 670 g/mol. The summed E-state index contributed by atoms with van der Waals surface area (Å²) in [5.41, 5.74) is 10.4. The molecule has 4 unspecified atom stereocenters. The molecule has 3 aliphatic heterocycles. The molecule has 4 aromatic rings. The lowest BCUT2D eigenvalue weighted by Gasteiger charge is -2.25. The third kappa shape index (κ3) is 5.79. The summed E-state index contributed by atoms with van der Waals surface area (Å²) in [7, 11) is -9.63. The van der Waals surface area contributed by atoms with Gasteiger partial charge in [-0.1, -0.05) is 13.8 Å². The van der Waals surface area contributed by atoms with Crippen LogP contribution in [0.25, 0.3) is 22.3 Å². The third-order valence-corrected chi connectivity index (χ3v) is 10.3. The van der Waals surface area contributed by atoms with E-state index in [0.29, 0.717) is 0 Å². The topological polar surface area (TPSA) is 309 Å². The van der Waals surface area contributed by atoms with Gasteiger partial charge in [0.05, 0.1) is 32.0 Å². The van der Waals surface area contributed by atoms with E-state index < -0.39 is 88.7 Å². The molecule has 0 saturated carbocycles. The Morgan fingerprint density at radius 3 is 1.81 bits per heavy atom. The van der Waals surface area contributed by atoms with Crippen molar-refractivity contribution in [1.29, 1.82) is 0 Å². The van der Waals surface area contributed by atoms with Crippen molar-refractivity contribution in [2.75, 3.05) is 24.7 Å². The zero-order chi connectivity index (χ0) is 33.4. The lowest BCUT2D eigenvalue weighted by molar-refractivity contribution is -0.0480. The predicted molar refractivity (Wildman–Crippen MR) is 157 cm³/mol. The van der Waals surface area contributed by atoms with E-state index in [0.717, 1.165) is 0 Å². The van der Waals surface area contributed by atoms with Crippen LogP contribution in [0.2, 0.25) is 0 Å². The van der Waals surface area contributed by atoms with Gasteiger partial charge >= 0.3 is 15.6 Å². The number of phosphoric acid groups is 2. The molecule has 0 bridgehead atoms. The van der Waals surface area contributed by atoms with Crippen LogP contribution in [0.15, 0.2) is 22.2 Å². The minimum Gasteiger partial charge on any atom is -0.369 e. The van der Waals surface area contributed by atoms with Gasteiger partial charge in [-0.3, -0.25) is 46.8 Å². The Hall–Kier alpha value is -3.56. The number of nitrogens with two attached hydrogens (primary N) is 2. The molecule has 3 aliphatic rings. The molecule has 22 nitrogen and oxygen atoms in total. The van der Waals surface area contributed by atoms with Gasteiger partial charge < -0.3 is 30.7 Å². The number of phosphoric ester groups is 2. The Morgan fingerprint density at radius 1 is 0.809 bits per heavy atom. The first kappa shape index (κ1) is 32.0. The van der Waals surface area contributed by atoms with E-state index in [1.807, 2.05) is 0 Å². The van der Waals surface area contributed by atoms with E-state index in [2.05, 4.69) is 29.9 Å². The maximum absolute atomic E-state index is 13.3. The molecule has 254 valence electrons. The number of rotatable bonds is 2. The SMILES string of the molecule is C[C@H]1C2OP(=O)(O)OCC[C@H]3O[C@@H](n4cnc5c(=O)[nH]c(N)nc54)[C@@H](C)C3OP(=O)(O)OC[C@@H]2O[C@H]1n1cnc2c(=O)[nH]c(N)nc21. The number of nitrogens with zero attached hydrogens (tertiary/aromatic N) is 6. The number of imidazole rings is 2. The second-order valence-electron chi connectivity index (χ2n) is 11.4. The van der Waals surface area contributed by atoms with E-state index in [9.17, 15) is 28.5 Å². The summed E-state index contributed by atoms with van der Waals surface area (Å²) in [6.07, 6.45) is -3.92. The number of hydrogen-bond donors (Lipinski definition) is 6. The van der Waals surface area contributed by atoms with Gasteiger partial charge in [-0.05, 0) is 0 Å². The Labute approximate surface area is 262 Å². The van der Waals surface area contributed by atoms with Crippen LogP contribution in [0.3, 0.4) is 0 Å². The van der Waals surface area contributed by atoms with Crippen molar-refractivity contribution >= 4 is 49.9 Å². The van der Waals surface area contributed by atoms with Crippen LogP contribution < -0.4 is 22.6 Å². The minimum absolute atomic E-state index is 0.00989. The van der Waals surface area contributed by atoms with Gasteiger partial charge in [0.2, 0.25) is 11.9 Å². The minimum atomic E-state index is -4.86. The number of hydrogen-bond acceptors (Lipinski definition) is 16. The lowest BCUT2D eigenvalue weighted by Crippen LogP contribution is -2.32. The Bertz CT molecular complexity index is 2070. The Morgan fingerprint density at radius 2 is 1.28 bits per heavy atom. The van der Waals surface area contributed by atoms with Crippen molar-refractivity contribution < 1.29 is 46.5 Å². The van der Waals surface area contributed by atoms with Crippen LogP contribution in [0.1, 0.15) is 32.7 Å². The summed E-state index contributed by atoms with van der Waals surface area (Å²) in [4.78, 5) is 67.3. The molecule has 24 heteroatoms. The fourth-order valence-electron chi connectivity index (χ4n) is 6.17. The van der Waals surface area contributed by atoms with Gasteiger partial charge in [-0.25, -0.2) is 19.1 Å². The molecule has 8 N–H and O–H groups in total. The van der Waals surface area contributed by atoms with Crippen LogP contribution in [-0.2, 0) is 36.7 Å². The average Bonchev–Trinajstić information content (AvgIpc) is 3.73. The number of aromatic amines is 2. The highest BCUT2D eigenvalue weighted by Crippen LogP contribution is 2.54. The standard InChI is InChI=1S/C23H30N10O12P2/c1-8-14-10(42-20(8)32-6-26-12-16(32)28-22(24)30-18(12)34)3-4-40-46(36,37)45-15-9(2)21(43-11(15)5-41-47(38,39)44-14)33-7-27-13-17(33)29-23(25)31-19(13)35/h6-11,14-15,20-21H,3-5H2,1-2H3,(H,36,37)(H,38,39)(H3,24,28,30,34)(H3,25,29,31,35)/t8-,9-,10+,11-,14?,15?,20+,21+/m0/s1. The second-order valence-corrected chi connectivity index (χ2v) is 14.2. The van der Waals surface area contributed by atoms with Crippen LogP contribution in [-0.4, -0.2) is 86.5 Å². The average molecular weight is 700 g/mol. The maximum atomic E-state index is 13.3. The van der Waals surface area contributed by atoms with E-state index in [1.54, 1.807) is 13.8 Å². The maximum Gasteiger partial charge on any atom is 0.472 e. The van der Waals surface area contributed by atoms with Gasteiger partial charge in [0.25, 0.3) is 11.1 Å². The summed E-state index contributed by atoms with van der Waals surface area (Å²) in [6, 6.07) is 0. The molecule has 0 radical (unpaired) electrons. The van der Waals surface area contributed by atoms with E-state index in [1.165, 1.54) is 21.8 Å². The molecule has 7 rings (SSSR count). The number of nitrogen functional groups attached to an aromatic ring is 2. The molecule has 0 aromatic carbocycles. The van der Waals surface area contributed by atoms with Gasteiger partial charge in [-0.2, -0.15) is 9.97 Å². The van der Waals surface area contributed by atoms with Crippen molar-refractivity contribution in [3.05, 3.63) is 33.4 Å². The second kappa shape index (κ2) is 11.5. The number of nitrogens with one attached hydrogen (secondary N) is 2. The van der Waals surface area contributed by atoms with Crippen LogP contribution in [0, 0.1) is 11.8 Å². The van der Waals surface area contributed by atoms with Crippen molar-refractivity contribution in [3.63, 3.8) is 0 Å². The van der Waals surface area contributed by atoms with E-state index >= 15 is 0 Å². The summed E-state index contributed by atoms with van der Waals surface area (Å²) < 4.78 is 63.4. The van der Waals surface area contributed by atoms with Gasteiger partial charge in [-0.15, -0.1) is 0 Å². The molecule has 4 aromatic heterocycles. The Kier molecular flexibility index (Phi) is 7.87. The predicted octanol–water partition coefficient (Wildman–Crippen LogP) is -0.108. The molecule has 3 saturated heterocycles. The quantitative estimate of drug-likeness (QED) is 0.149. The van der Waals surface area contributed by atoms with Crippen molar-refractivity contribution in [2.24, 2.45) is 11.8 Å². The van der Waals surface area contributed by atoms with Gasteiger partial charge in [0.1, 0.15) is 30.8 Å². The first-order chi connectivity index (χ1) is 22.2. The molecule has 3 fully saturated rings. The molecule has 47 heavy (non-hydrogen) atoms. The molecule has 0 spiro atoms. The normalized spacial score (nSPS) is 36.9. The summed E-state index contributed by atoms with van der Waals surface area (Å²) in [5, 5.41) is 0. The number of fused-ring (bicyclic) bond motifs is 4. The smallest absolute Gasteiger partial charge is 0.369 e. The first-order valence-electron chi connectivity index (χ1n) is 14.3. The molecule has 10 atom stereocenters. The number of ether oxygens (including phenoxy) is 2. The zero-order valence-corrected chi connectivity index (χ0v) is 26.4. The Balaban J connectivity index is 1.17. The highest BCUT2D eigenvalue weighted by molar-refractivity contribution is 7.47. The highest BCUT2D eigenvalue weighted by atomic mass is 31.2. The summed E-state index contributed by atoms with van der Waals surface area (Å²) in [5.74, 6) is -1.75. The van der Waals surface area contributed by atoms with Crippen molar-refractivity contribution in [1.82, 2.24) is 39.0 Å². The summed E-state index contributed by atoms with van der Waals surface area (Å²) >= 11 is 0. The van der Waals surface area contributed by atoms with Gasteiger partial charge in [0, 0.05) is 18.3 Å². The van der Waals surface area contributed by atoms with Crippen molar-refractivity contribution in [3.8, 4) is 0 Å². The van der Waals surface area contributed by atoms with Crippen LogP contribution in [0.5, 0.6) is 0 Å². The number of H-pyrrole nitrogens is 2. The van der Waals surface area contributed by atoms with Crippen LogP contribution >= 0.6 is 15.6 Å². The van der Waals surface area contributed by atoms with E-state index in [4.69, 9.17) is 39.0 Å². The van der Waals surface area contributed by atoms with Crippen molar-refractivity contribution in [2.45, 2.75) is 57.1 Å². The monoisotopic (exact) mass is 700 g/mol. The molecule has 0 amide bonds. The molecular formula is C23H30N10O12P2. The first-order valence-corrected chi connectivity index (χ1v) is 17.3. The molecule has 0 aliphatic carbocycles. The van der Waals surface area contributed by atoms with Gasteiger partial charge in [0.15, 0.2) is 22.3 Å². The largest absolute Gasteiger partial charge is 0.472 e. The number of anilines is 2. The number of aromatic nitrogens is 8. The highest BCUT2D eigenvalue weighted by Gasteiger charge is 2.51. The molecule has 7 heterocycles. The van der Waals surface area contributed by atoms with Crippen LogP contribution in [0.4, 0.5) is 11.9 Å². The van der Waals surface area contributed by atoms with E-state index in [-0.39, 0.29) is 40.6 Å². The summed E-state index contributed by atoms with van der Waals surface area (Å²) in [6.45, 7) is 2.27.